The van der Waals surface area contributed by atoms with Gasteiger partial charge in [0.1, 0.15) is 11.9 Å². The molecule has 7 atom stereocenters. The summed E-state index contributed by atoms with van der Waals surface area (Å²) in [6, 6.07) is -0.307. The zero-order valence-corrected chi connectivity index (χ0v) is 28.4. The summed E-state index contributed by atoms with van der Waals surface area (Å²) in [4.78, 5) is 45.1. The van der Waals surface area contributed by atoms with E-state index in [1.807, 2.05) is 32.2 Å². The highest BCUT2D eigenvalue weighted by atomic mass is 32.1. The number of hydrogen-bond donors (Lipinski definition) is 2. The summed E-state index contributed by atoms with van der Waals surface area (Å²) < 4.78 is 12.1. The van der Waals surface area contributed by atoms with E-state index in [-0.39, 0.29) is 48.2 Å². The second-order valence-corrected chi connectivity index (χ2v) is 14.7. The van der Waals surface area contributed by atoms with Crippen LogP contribution < -0.4 is 5.32 Å². The zero-order chi connectivity index (χ0) is 31.9. The number of hydrogen-bond acceptors (Lipinski definition) is 8. The average molecular weight is 619 g/mol. The van der Waals surface area contributed by atoms with E-state index in [4.69, 9.17) is 9.47 Å². The molecule has 0 radical (unpaired) electrons. The summed E-state index contributed by atoms with van der Waals surface area (Å²) in [7, 11) is 0. The number of carbonyl (C=O) groups excluding carboxylic acids is 3. The van der Waals surface area contributed by atoms with Crippen LogP contribution in [0.2, 0.25) is 0 Å². The van der Waals surface area contributed by atoms with Crippen molar-refractivity contribution in [1.82, 2.24) is 10.3 Å². The van der Waals surface area contributed by atoms with E-state index in [2.05, 4.69) is 24.1 Å². The Kier molecular flexibility index (Phi) is 12.6. The molecule has 1 aromatic heterocycles. The number of ether oxygens (including phenoxy) is 2. The Bertz CT molecular complexity index is 1150. The van der Waals surface area contributed by atoms with E-state index >= 15 is 0 Å². The number of aliphatic hydroxyl groups excluding tert-OH is 1. The van der Waals surface area contributed by atoms with E-state index in [1.54, 1.807) is 32.1 Å². The van der Waals surface area contributed by atoms with Crippen molar-refractivity contribution < 1.29 is 29.0 Å². The Morgan fingerprint density at radius 3 is 2.60 bits per heavy atom. The van der Waals surface area contributed by atoms with Crippen molar-refractivity contribution >= 4 is 35.1 Å². The van der Waals surface area contributed by atoms with E-state index in [9.17, 15) is 19.5 Å². The molecule has 0 bridgehead atoms. The first-order valence-corrected chi connectivity index (χ1v) is 17.0. The highest BCUT2D eigenvalue weighted by Crippen LogP contribution is 2.44. The number of fused-ring (bicyclic) bond motifs is 1. The molecule has 3 rings (SSSR count). The number of aromatic nitrogens is 1. The smallest absolute Gasteiger partial charge is 0.306 e. The number of nitrogens with zero attached hydrogens (tertiary/aromatic N) is 1. The summed E-state index contributed by atoms with van der Waals surface area (Å²) in [6.07, 6.45) is 7.06. The van der Waals surface area contributed by atoms with Gasteiger partial charge in [0.2, 0.25) is 5.91 Å². The van der Waals surface area contributed by atoms with Crippen molar-refractivity contribution in [3.8, 4) is 0 Å². The first-order chi connectivity index (χ1) is 20.2. The third-order valence-corrected chi connectivity index (χ3v) is 10.3. The number of epoxide rings is 1. The fourth-order valence-electron chi connectivity index (χ4n) is 6.28. The monoisotopic (exact) mass is 618 g/mol. The number of nitrogens with one attached hydrogen (secondary N) is 1. The van der Waals surface area contributed by atoms with Crippen LogP contribution >= 0.6 is 11.3 Å². The van der Waals surface area contributed by atoms with Gasteiger partial charge in [-0.15, -0.1) is 11.3 Å². The van der Waals surface area contributed by atoms with Gasteiger partial charge in [-0.3, -0.25) is 14.4 Å². The highest BCUT2D eigenvalue weighted by molar-refractivity contribution is 7.09. The molecule has 3 heterocycles. The third kappa shape index (κ3) is 9.69. The molecular weight excluding hydrogens is 564 g/mol. The standard InChI is InChI=1S/C34H54N2O6S/c1-9-10-11-12-15-30(38)41-27-19-29(37)36-26(22(3)17-25-20-43-24(5)35-25)18-28-34(8,42-28)16-13-14-21(2)31(39)23(4)32(40)33(27,6)7/h17,20-21,23,26-28,31,39H,9-16,18-19H2,1-8H3,(H,36,37)/b22-17+/t21-,23+,26-,27-,28-,31-,34+/m0/s1. The molecule has 1 aromatic rings. The molecule has 8 nitrogen and oxygen atoms in total. The number of rotatable bonds is 8. The lowest BCUT2D eigenvalue weighted by atomic mass is 9.72. The van der Waals surface area contributed by atoms with Crippen molar-refractivity contribution in [3.63, 3.8) is 0 Å². The van der Waals surface area contributed by atoms with Gasteiger partial charge >= 0.3 is 5.97 Å². The van der Waals surface area contributed by atoms with Crippen LogP contribution in [0.25, 0.3) is 6.08 Å². The summed E-state index contributed by atoms with van der Waals surface area (Å²) in [5, 5.41) is 17.3. The van der Waals surface area contributed by atoms with Crippen molar-refractivity contribution in [1.29, 1.82) is 0 Å². The van der Waals surface area contributed by atoms with Gasteiger partial charge in [-0.2, -0.15) is 0 Å². The molecule has 0 unspecified atom stereocenters. The molecule has 2 fully saturated rings. The van der Waals surface area contributed by atoms with Gasteiger partial charge in [0.25, 0.3) is 0 Å². The van der Waals surface area contributed by atoms with Crippen molar-refractivity contribution in [2.24, 2.45) is 17.3 Å². The van der Waals surface area contributed by atoms with Crippen LogP contribution in [0.1, 0.15) is 123 Å². The van der Waals surface area contributed by atoms with Crippen LogP contribution in [0.4, 0.5) is 0 Å². The number of esters is 1. The lowest BCUT2D eigenvalue weighted by molar-refractivity contribution is -0.162. The third-order valence-electron chi connectivity index (χ3n) is 9.54. The van der Waals surface area contributed by atoms with Crippen LogP contribution in [-0.2, 0) is 23.9 Å². The van der Waals surface area contributed by atoms with E-state index in [1.165, 1.54) is 0 Å². The topological polar surface area (TPSA) is 118 Å². The first kappa shape index (κ1) is 35.4. The Morgan fingerprint density at radius 2 is 1.95 bits per heavy atom. The Hall–Kier alpha value is -2.10. The summed E-state index contributed by atoms with van der Waals surface area (Å²) in [5.41, 5.74) is 0.345. The van der Waals surface area contributed by atoms with Gasteiger partial charge in [-0.1, -0.05) is 46.5 Å². The molecule has 0 saturated carbocycles. The lowest BCUT2D eigenvalue weighted by Crippen LogP contribution is -2.49. The van der Waals surface area contributed by atoms with E-state index in [0.717, 1.165) is 54.8 Å². The molecule has 1 amide bonds. The number of thiazole rings is 1. The fraction of sp³-hybridized carbons (Fsp3) is 0.765. The van der Waals surface area contributed by atoms with Gasteiger partial charge in [0.05, 0.1) is 46.4 Å². The maximum atomic E-state index is 13.9. The maximum absolute atomic E-state index is 13.9. The molecule has 0 aromatic carbocycles. The van der Waals surface area contributed by atoms with Gasteiger partial charge in [-0.05, 0) is 71.4 Å². The molecule has 242 valence electrons. The van der Waals surface area contributed by atoms with Crippen LogP contribution in [0, 0.1) is 24.2 Å². The molecule has 9 heteroatoms. The second kappa shape index (κ2) is 15.3. The minimum absolute atomic E-state index is 0.0138. The number of aryl methyl sites for hydroxylation is 1. The van der Waals surface area contributed by atoms with Gasteiger partial charge < -0.3 is 19.9 Å². The van der Waals surface area contributed by atoms with Gasteiger partial charge in [0, 0.05) is 24.1 Å². The van der Waals surface area contributed by atoms with Gasteiger partial charge in [-0.25, -0.2) is 4.98 Å². The molecule has 2 aliphatic heterocycles. The number of Topliss-reactive ketones (excluding diaryl/α,β-unsaturated/α-hetero) is 1. The molecule has 2 saturated heterocycles. The fourth-order valence-corrected chi connectivity index (χ4v) is 6.85. The Labute approximate surface area is 262 Å². The molecule has 0 spiro atoms. The number of ketones is 1. The maximum Gasteiger partial charge on any atom is 0.306 e. The van der Waals surface area contributed by atoms with Crippen LogP contribution in [0.5, 0.6) is 0 Å². The number of unbranched alkanes of at least 4 members (excludes halogenated alkanes) is 3. The Balaban J connectivity index is 1.90. The average Bonchev–Trinajstić information content (AvgIpc) is 3.39. The van der Waals surface area contributed by atoms with Crippen molar-refractivity contribution in [2.75, 3.05) is 0 Å². The van der Waals surface area contributed by atoms with Crippen LogP contribution in [0.15, 0.2) is 11.0 Å². The molecular formula is C34H54N2O6S. The zero-order valence-electron chi connectivity index (χ0n) is 27.5. The quantitative estimate of drug-likeness (QED) is 0.192. The summed E-state index contributed by atoms with van der Waals surface area (Å²) >= 11 is 1.58. The van der Waals surface area contributed by atoms with Gasteiger partial charge in [0.15, 0.2) is 0 Å². The second-order valence-electron chi connectivity index (χ2n) is 13.7. The minimum atomic E-state index is -1.18. The van der Waals surface area contributed by atoms with Crippen molar-refractivity contribution in [3.05, 3.63) is 21.7 Å². The van der Waals surface area contributed by atoms with Crippen LogP contribution in [-0.4, -0.2) is 57.7 Å². The largest absolute Gasteiger partial charge is 0.461 e. The highest BCUT2D eigenvalue weighted by Gasteiger charge is 2.52. The molecule has 2 aliphatic rings. The minimum Gasteiger partial charge on any atom is -0.461 e. The molecule has 43 heavy (non-hydrogen) atoms. The first-order valence-electron chi connectivity index (χ1n) is 16.2. The van der Waals surface area contributed by atoms with Crippen molar-refractivity contribution in [2.45, 2.75) is 150 Å². The van der Waals surface area contributed by atoms with E-state index < -0.39 is 29.5 Å². The predicted octanol–water partition coefficient (Wildman–Crippen LogP) is 6.57. The summed E-state index contributed by atoms with van der Waals surface area (Å²) in [6.45, 7) is 15.3. The summed E-state index contributed by atoms with van der Waals surface area (Å²) in [5.74, 6) is -1.68. The lowest BCUT2D eigenvalue weighted by Gasteiger charge is -2.36. The predicted molar refractivity (Wildman–Crippen MR) is 171 cm³/mol. The Morgan fingerprint density at radius 1 is 1.23 bits per heavy atom. The van der Waals surface area contributed by atoms with E-state index in [0.29, 0.717) is 12.8 Å². The van der Waals surface area contributed by atoms with Crippen LogP contribution in [0.3, 0.4) is 0 Å². The normalized spacial score (nSPS) is 32.5. The number of carbonyl (C=O) groups is 3. The number of aliphatic hydroxyl groups is 1. The molecule has 0 aliphatic carbocycles. The number of amides is 1. The SMILES string of the molecule is CCCCCCC(=O)O[C@H]1CC(=O)N[C@H](/C(C)=C/c2csc(C)n2)C[C@@H]2O[C@]2(C)CCC[C@H](C)[C@H](O)[C@@H](C)C(=O)C1(C)C. The molecule has 2 N–H and O–H groups in total.